The summed E-state index contributed by atoms with van der Waals surface area (Å²) in [5.41, 5.74) is 0. The number of hydrogen-bond acceptors (Lipinski definition) is 2. The average Bonchev–Trinajstić information content (AvgIpc) is 3.62. The van der Waals surface area contributed by atoms with Gasteiger partial charge in [0.05, 0.1) is 10.8 Å². The lowest BCUT2D eigenvalue weighted by Gasteiger charge is -2.13. The van der Waals surface area contributed by atoms with Gasteiger partial charge in [0, 0.05) is 0 Å². The summed E-state index contributed by atoms with van der Waals surface area (Å²) < 4.78 is 13.0. The van der Waals surface area contributed by atoms with Gasteiger partial charge in [-0.1, -0.05) is 121 Å². The van der Waals surface area contributed by atoms with Crippen molar-refractivity contribution in [3.63, 3.8) is 0 Å². The molecule has 0 atom stereocenters. The fourth-order valence-electron chi connectivity index (χ4n) is 4.53. The Morgan fingerprint density at radius 2 is 0.583 bits per heavy atom. The minimum Gasteiger partial charge on any atom is -0.462 e. The predicted molar refractivity (Wildman–Crippen MR) is 151 cm³/mol. The summed E-state index contributed by atoms with van der Waals surface area (Å²) in [7, 11) is -2.52. The molecule has 0 aliphatic heterocycles. The molecule has 0 spiro atoms. The van der Waals surface area contributed by atoms with E-state index < -0.39 is 17.6 Å². The molecular weight excluding hydrogens is 473 g/mol. The Labute approximate surface area is 214 Å². The van der Waals surface area contributed by atoms with E-state index in [-0.39, 0.29) is 0 Å². The highest BCUT2D eigenvalue weighted by Crippen LogP contribution is 2.19. The van der Waals surface area contributed by atoms with Crippen molar-refractivity contribution in [3.05, 3.63) is 146 Å². The molecule has 4 heteroatoms. The van der Waals surface area contributed by atoms with Crippen LogP contribution >= 0.6 is 0 Å². The zero-order valence-corrected chi connectivity index (χ0v) is 21.7. The van der Waals surface area contributed by atoms with Crippen LogP contribution in [0.2, 0.25) is 0 Å². The topological polar surface area (TPSA) is 26.3 Å². The third-order valence-electron chi connectivity index (χ3n) is 6.20. The third-order valence-corrected chi connectivity index (χ3v) is 11.4. The van der Waals surface area contributed by atoms with Crippen molar-refractivity contribution >= 4 is 49.1 Å². The van der Waals surface area contributed by atoms with Crippen molar-refractivity contribution < 1.29 is 8.83 Å². The minimum absolute atomic E-state index is 0.771. The van der Waals surface area contributed by atoms with E-state index in [9.17, 15) is 0 Å². The first kappa shape index (κ1) is 22.3. The second-order valence-corrected chi connectivity index (χ2v) is 13.3. The van der Waals surface area contributed by atoms with E-state index in [1.807, 2.05) is 12.1 Å². The fraction of sp³-hybridized carbons (Fsp3) is 0. The number of furan rings is 2. The van der Waals surface area contributed by atoms with Crippen LogP contribution < -0.4 is 31.5 Å². The van der Waals surface area contributed by atoms with Crippen LogP contribution in [0, 0.1) is 0 Å². The molecule has 6 aromatic rings. The van der Waals surface area contributed by atoms with Crippen LogP contribution in [0.3, 0.4) is 0 Å². The highest BCUT2D eigenvalue weighted by Gasteiger charge is 2.26. The maximum atomic E-state index is 6.51. The van der Waals surface area contributed by atoms with Gasteiger partial charge in [0.25, 0.3) is 0 Å². The first-order valence-corrected chi connectivity index (χ1v) is 15.0. The van der Waals surface area contributed by atoms with E-state index in [2.05, 4.69) is 133 Å². The van der Waals surface area contributed by atoms with E-state index >= 15 is 0 Å². The average molecular weight is 497 g/mol. The van der Waals surface area contributed by atoms with Crippen LogP contribution in [0.25, 0.3) is 11.5 Å². The highest BCUT2D eigenvalue weighted by molar-refractivity contribution is 6.95. The first-order valence-electron chi connectivity index (χ1n) is 12.0. The van der Waals surface area contributed by atoms with Crippen molar-refractivity contribution in [3.8, 4) is 11.5 Å². The molecule has 0 aliphatic rings. The van der Waals surface area contributed by atoms with Gasteiger partial charge in [0.1, 0.15) is 0 Å². The molecule has 4 aromatic carbocycles. The lowest BCUT2D eigenvalue weighted by molar-refractivity contribution is 0.555. The van der Waals surface area contributed by atoms with Crippen molar-refractivity contribution in [2.75, 3.05) is 0 Å². The Bertz CT molecular complexity index is 1330. The summed E-state index contributed by atoms with van der Waals surface area (Å²) in [6, 6.07) is 50.9. The van der Waals surface area contributed by atoms with E-state index in [0.29, 0.717) is 0 Å². The van der Waals surface area contributed by atoms with E-state index in [1.165, 1.54) is 20.7 Å². The van der Waals surface area contributed by atoms with Gasteiger partial charge in [-0.3, -0.25) is 0 Å². The van der Waals surface area contributed by atoms with E-state index in [0.717, 1.165) is 22.3 Å². The normalized spacial score (nSPS) is 11.3. The Hall–Kier alpha value is -4.13. The summed E-state index contributed by atoms with van der Waals surface area (Å²) >= 11 is 0. The molecule has 2 nitrogen and oxygen atoms in total. The van der Waals surface area contributed by atoms with Crippen molar-refractivity contribution in [1.82, 2.24) is 0 Å². The summed E-state index contributed by atoms with van der Waals surface area (Å²) in [6.45, 7) is 0. The molecule has 2 heterocycles. The molecule has 0 saturated heterocycles. The molecule has 0 unspecified atom stereocenters. The van der Waals surface area contributed by atoms with Gasteiger partial charge in [-0.15, -0.1) is 0 Å². The molecule has 0 N–H and O–H groups in total. The van der Waals surface area contributed by atoms with Crippen LogP contribution in [0.1, 0.15) is 0 Å². The largest absolute Gasteiger partial charge is 0.462 e. The SMILES string of the molecule is c1ccc([Si](c2ccccc2)c2ccc(-c3ccc([Si](c4ccccc4)c4ccccc4)o3)o2)cc1. The Kier molecular flexibility index (Phi) is 6.36. The fourth-order valence-corrected chi connectivity index (χ4v) is 9.36. The van der Waals surface area contributed by atoms with Gasteiger partial charge in [0.15, 0.2) is 11.5 Å². The Morgan fingerprint density at radius 1 is 0.306 bits per heavy atom. The number of hydrogen-bond donors (Lipinski definition) is 0. The van der Waals surface area contributed by atoms with Gasteiger partial charge in [0.2, 0.25) is 17.6 Å². The third kappa shape index (κ3) is 4.56. The Balaban J connectivity index is 1.37. The predicted octanol–water partition coefficient (Wildman–Crippen LogP) is 3.57. The van der Waals surface area contributed by atoms with Gasteiger partial charge >= 0.3 is 0 Å². The monoisotopic (exact) mass is 496 g/mol. The van der Waals surface area contributed by atoms with Gasteiger partial charge in [-0.05, 0) is 45.0 Å². The Morgan fingerprint density at radius 3 is 0.861 bits per heavy atom. The lowest BCUT2D eigenvalue weighted by Crippen LogP contribution is -2.51. The van der Waals surface area contributed by atoms with Crippen molar-refractivity contribution in [2.45, 2.75) is 0 Å². The summed E-state index contributed by atoms with van der Waals surface area (Å²) in [4.78, 5) is 0. The molecule has 0 aliphatic carbocycles. The maximum absolute atomic E-state index is 6.51. The summed E-state index contributed by atoms with van der Waals surface area (Å²) in [5, 5.41) is 7.20. The van der Waals surface area contributed by atoms with Crippen LogP contribution in [-0.4, -0.2) is 17.6 Å². The molecule has 6 rings (SSSR count). The molecule has 172 valence electrons. The van der Waals surface area contributed by atoms with Crippen LogP contribution in [-0.2, 0) is 0 Å². The zero-order valence-electron chi connectivity index (χ0n) is 19.7. The van der Waals surface area contributed by atoms with Gasteiger partial charge in [-0.2, -0.15) is 0 Å². The quantitative estimate of drug-likeness (QED) is 0.316. The van der Waals surface area contributed by atoms with Crippen molar-refractivity contribution in [2.24, 2.45) is 0 Å². The molecular formula is C32H24O2Si2. The standard InChI is InChI=1S/C32H24O2Si2/c1-5-13-25(14-6-1)35(26-15-7-2-8-16-26)31-23-21-29(33-31)30-22-24-32(34-30)36(27-17-9-3-10-18-27)28-19-11-4-12-20-28/h1-24H. The van der Waals surface area contributed by atoms with E-state index in [4.69, 9.17) is 8.83 Å². The first-order chi connectivity index (χ1) is 17.9. The molecule has 2 radical (unpaired) electrons. The molecule has 0 fully saturated rings. The van der Waals surface area contributed by atoms with Crippen LogP contribution in [0.15, 0.2) is 154 Å². The molecule has 0 bridgehead atoms. The zero-order chi connectivity index (χ0) is 24.2. The molecule has 0 amide bonds. The molecule has 0 saturated carbocycles. The molecule has 2 aromatic heterocycles. The number of benzene rings is 4. The van der Waals surface area contributed by atoms with Gasteiger partial charge < -0.3 is 8.83 Å². The smallest absolute Gasteiger partial charge is 0.202 e. The summed E-state index contributed by atoms with van der Waals surface area (Å²) in [5.74, 6) is 1.54. The lowest BCUT2D eigenvalue weighted by atomic mass is 10.3. The highest BCUT2D eigenvalue weighted by atomic mass is 28.3. The van der Waals surface area contributed by atoms with E-state index in [1.54, 1.807) is 0 Å². The maximum Gasteiger partial charge on any atom is 0.202 e. The number of rotatable bonds is 7. The van der Waals surface area contributed by atoms with Crippen molar-refractivity contribution in [1.29, 1.82) is 0 Å². The van der Waals surface area contributed by atoms with Gasteiger partial charge in [-0.25, -0.2) is 0 Å². The van der Waals surface area contributed by atoms with Crippen LogP contribution in [0.4, 0.5) is 0 Å². The molecule has 36 heavy (non-hydrogen) atoms. The van der Waals surface area contributed by atoms with Crippen LogP contribution in [0.5, 0.6) is 0 Å². The summed E-state index contributed by atoms with van der Waals surface area (Å²) in [6.07, 6.45) is 0. The second kappa shape index (κ2) is 10.2. The second-order valence-electron chi connectivity index (χ2n) is 8.54. The minimum atomic E-state index is -1.26.